The predicted octanol–water partition coefficient (Wildman–Crippen LogP) is 6.28. The first-order valence-corrected chi connectivity index (χ1v) is 12.7. The molecule has 36 heavy (non-hydrogen) atoms. The number of imide groups is 1. The van der Waals surface area contributed by atoms with Crippen molar-refractivity contribution in [2.75, 3.05) is 11.9 Å². The van der Waals surface area contributed by atoms with Gasteiger partial charge in [0.05, 0.1) is 8.95 Å². The standard InChI is InChI=1S/C26H20Br2ClN3O4/c1-15-6-8-18(9-7-15)30-23(33)13-32-25(34)22(31-26(32)35)12-16-10-19(27)24(20(28)11-16)36-14-17-4-2-3-5-21(17)29/h2-12H,13-14H2,1H3,(H,30,33)(H,31,35)/b22-12+. The van der Waals surface area contributed by atoms with Crippen molar-refractivity contribution in [2.24, 2.45) is 0 Å². The first-order valence-electron chi connectivity index (χ1n) is 10.8. The minimum Gasteiger partial charge on any atom is -0.486 e. The van der Waals surface area contributed by atoms with Crippen LogP contribution in [-0.4, -0.2) is 29.3 Å². The molecular weight excluding hydrogens is 614 g/mol. The molecule has 1 saturated heterocycles. The number of anilines is 1. The van der Waals surface area contributed by atoms with Crippen molar-refractivity contribution in [3.05, 3.63) is 97.0 Å². The van der Waals surface area contributed by atoms with Crippen LogP contribution in [0, 0.1) is 6.92 Å². The van der Waals surface area contributed by atoms with Crippen LogP contribution in [0.15, 0.2) is 75.3 Å². The van der Waals surface area contributed by atoms with Crippen molar-refractivity contribution in [3.63, 3.8) is 0 Å². The van der Waals surface area contributed by atoms with E-state index in [0.29, 0.717) is 31.0 Å². The maximum absolute atomic E-state index is 12.8. The molecule has 0 aromatic heterocycles. The van der Waals surface area contributed by atoms with Crippen molar-refractivity contribution in [2.45, 2.75) is 13.5 Å². The maximum Gasteiger partial charge on any atom is 0.329 e. The van der Waals surface area contributed by atoms with Crippen LogP contribution >= 0.6 is 43.5 Å². The van der Waals surface area contributed by atoms with E-state index in [9.17, 15) is 14.4 Å². The lowest BCUT2D eigenvalue weighted by molar-refractivity contribution is -0.127. The second kappa shape index (κ2) is 11.3. The molecule has 0 bridgehead atoms. The zero-order chi connectivity index (χ0) is 25.8. The SMILES string of the molecule is Cc1ccc(NC(=O)CN2C(=O)N/C(=C/c3cc(Br)c(OCc4ccccc4Cl)c(Br)c3)C2=O)cc1. The number of hydrogen-bond acceptors (Lipinski definition) is 4. The lowest BCUT2D eigenvalue weighted by atomic mass is 10.2. The van der Waals surface area contributed by atoms with Gasteiger partial charge in [-0.3, -0.25) is 9.59 Å². The quantitative estimate of drug-likeness (QED) is 0.237. The maximum atomic E-state index is 12.8. The second-order valence-corrected chi connectivity index (χ2v) is 10.1. The van der Waals surface area contributed by atoms with Crippen molar-refractivity contribution in [1.82, 2.24) is 10.2 Å². The fourth-order valence-corrected chi connectivity index (χ4v) is 5.07. The van der Waals surface area contributed by atoms with E-state index in [1.165, 1.54) is 6.08 Å². The first-order chi connectivity index (χ1) is 17.2. The molecule has 3 aromatic rings. The molecule has 7 nitrogen and oxygen atoms in total. The molecular formula is C26H20Br2ClN3O4. The third-order valence-corrected chi connectivity index (χ3v) is 6.81. The molecule has 10 heteroatoms. The van der Waals surface area contributed by atoms with Gasteiger partial charge in [-0.2, -0.15) is 0 Å². The van der Waals surface area contributed by atoms with Crippen molar-refractivity contribution in [1.29, 1.82) is 0 Å². The fourth-order valence-electron chi connectivity index (χ4n) is 3.43. The van der Waals surface area contributed by atoms with E-state index in [1.807, 2.05) is 37.3 Å². The molecule has 184 valence electrons. The van der Waals surface area contributed by atoms with Gasteiger partial charge in [-0.05, 0) is 80.8 Å². The number of aryl methyl sites for hydroxylation is 1. The van der Waals surface area contributed by atoms with Crippen LogP contribution in [0.2, 0.25) is 5.02 Å². The van der Waals surface area contributed by atoms with Gasteiger partial charge in [0.2, 0.25) is 5.91 Å². The van der Waals surface area contributed by atoms with Crippen LogP contribution in [0.5, 0.6) is 5.75 Å². The van der Waals surface area contributed by atoms with E-state index >= 15 is 0 Å². The Bertz CT molecular complexity index is 1350. The molecule has 1 fully saturated rings. The smallest absolute Gasteiger partial charge is 0.329 e. The largest absolute Gasteiger partial charge is 0.486 e. The van der Waals surface area contributed by atoms with E-state index in [0.717, 1.165) is 16.0 Å². The van der Waals surface area contributed by atoms with Gasteiger partial charge in [0.25, 0.3) is 5.91 Å². The van der Waals surface area contributed by atoms with Crippen LogP contribution in [0.3, 0.4) is 0 Å². The first kappa shape index (κ1) is 25.9. The highest BCUT2D eigenvalue weighted by atomic mass is 79.9. The number of amides is 4. The van der Waals surface area contributed by atoms with E-state index < -0.39 is 24.4 Å². The van der Waals surface area contributed by atoms with Gasteiger partial charge >= 0.3 is 6.03 Å². The summed E-state index contributed by atoms with van der Waals surface area (Å²) >= 11 is 13.2. The predicted molar refractivity (Wildman–Crippen MR) is 146 cm³/mol. The van der Waals surface area contributed by atoms with Crippen LogP contribution in [0.1, 0.15) is 16.7 Å². The van der Waals surface area contributed by atoms with Gasteiger partial charge in [-0.1, -0.05) is 47.5 Å². The number of ether oxygens (including phenoxy) is 1. The third kappa shape index (κ3) is 6.16. The molecule has 2 N–H and O–H groups in total. The number of carbonyl (C=O) groups is 3. The molecule has 1 aliphatic heterocycles. The Balaban J connectivity index is 1.44. The van der Waals surface area contributed by atoms with E-state index in [1.54, 1.807) is 30.3 Å². The van der Waals surface area contributed by atoms with Crippen LogP contribution < -0.4 is 15.4 Å². The molecule has 0 spiro atoms. The number of nitrogens with zero attached hydrogens (tertiary/aromatic N) is 1. The summed E-state index contributed by atoms with van der Waals surface area (Å²) in [6.07, 6.45) is 1.53. The van der Waals surface area contributed by atoms with Crippen LogP contribution in [0.25, 0.3) is 6.08 Å². The number of hydrogen-bond donors (Lipinski definition) is 2. The zero-order valence-electron chi connectivity index (χ0n) is 19.0. The average molecular weight is 634 g/mol. The highest BCUT2D eigenvalue weighted by Crippen LogP contribution is 2.36. The van der Waals surface area contributed by atoms with Gasteiger partial charge in [-0.15, -0.1) is 0 Å². The number of rotatable bonds is 7. The molecule has 1 heterocycles. The molecule has 4 amide bonds. The summed E-state index contributed by atoms with van der Waals surface area (Å²) in [6.45, 7) is 1.80. The molecule has 1 aliphatic rings. The van der Waals surface area contributed by atoms with Gasteiger partial charge in [0, 0.05) is 16.3 Å². The summed E-state index contributed by atoms with van der Waals surface area (Å²) in [5.41, 5.74) is 3.17. The lowest BCUT2D eigenvalue weighted by Gasteiger charge is -2.13. The van der Waals surface area contributed by atoms with E-state index in [-0.39, 0.29) is 12.3 Å². The molecule has 0 saturated carbocycles. The molecule has 0 atom stereocenters. The van der Waals surface area contributed by atoms with Crippen molar-refractivity contribution < 1.29 is 19.1 Å². The summed E-state index contributed by atoms with van der Waals surface area (Å²) in [5.74, 6) is -0.507. The van der Waals surface area contributed by atoms with Crippen LogP contribution in [-0.2, 0) is 16.2 Å². The number of urea groups is 1. The Morgan fingerprint density at radius 3 is 2.42 bits per heavy atom. The Morgan fingerprint density at radius 2 is 1.75 bits per heavy atom. The second-order valence-electron chi connectivity index (χ2n) is 7.99. The fraction of sp³-hybridized carbons (Fsp3) is 0.115. The summed E-state index contributed by atoms with van der Waals surface area (Å²) in [5, 5.41) is 5.82. The summed E-state index contributed by atoms with van der Waals surface area (Å²) in [7, 11) is 0. The molecule has 3 aromatic carbocycles. The number of halogens is 3. The molecule has 0 aliphatic carbocycles. The Kier molecular flexibility index (Phi) is 8.13. The minimum atomic E-state index is -0.664. The van der Waals surface area contributed by atoms with Gasteiger partial charge < -0.3 is 15.4 Å². The monoisotopic (exact) mass is 631 g/mol. The Hall–Kier alpha value is -3.14. The van der Waals surface area contributed by atoms with Crippen molar-refractivity contribution in [3.8, 4) is 5.75 Å². The number of nitrogens with one attached hydrogen (secondary N) is 2. The van der Waals surface area contributed by atoms with E-state index in [4.69, 9.17) is 16.3 Å². The Labute approximate surface area is 229 Å². The van der Waals surface area contributed by atoms with Gasteiger partial charge in [0.15, 0.2) is 0 Å². The zero-order valence-corrected chi connectivity index (χ0v) is 22.9. The highest BCUT2D eigenvalue weighted by molar-refractivity contribution is 9.11. The number of carbonyl (C=O) groups excluding carboxylic acids is 3. The summed E-state index contributed by atoms with van der Waals surface area (Å²) in [6, 6.07) is 17.5. The topological polar surface area (TPSA) is 87.7 Å². The van der Waals surface area contributed by atoms with Crippen molar-refractivity contribution >= 4 is 73.1 Å². The van der Waals surface area contributed by atoms with Gasteiger partial charge in [0.1, 0.15) is 24.6 Å². The van der Waals surface area contributed by atoms with Gasteiger partial charge in [-0.25, -0.2) is 9.69 Å². The summed E-state index contributed by atoms with van der Waals surface area (Å²) < 4.78 is 7.21. The van der Waals surface area contributed by atoms with Crippen LogP contribution in [0.4, 0.5) is 10.5 Å². The molecule has 4 rings (SSSR count). The minimum absolute atomic E-state index is 0.0617. The molecule has 0 radical (unpaired) electrons. The summed E-state index contributed by atoms with van der Waals surface area (Å²) in [4.78, 5) is 38.4. The normalized spacial score (nSPS) is 14.2. The lowest BCUT2D eigenvalue weighted by Crippen LogP contribution is -2.38. The molecule has 0 unspecified atom stereocenters. The third-order valence-electron chi connectivity index (χ3n) is 5.26. The Morgan fingerprint density at radius 1 is 1.08 bits per heavy atom. The average Bonchev–Trinajstić information content (AvgIpc) is 3.08. The highest BCUT2D eigenvalue weighted by Gasteiger charge is 2.35. The van der Waals surface area contributed by atoms with E-state index in [2.05, 4.69) is 42.5 Å². The number of benzene rings is 3.